The molecule has 4 nitrogen and oxygen atoms in total. The number of piperazine rings is 1. The van der Waals surface area contributed by atoms with Crippen LogP contribution in [-0.2, 0) is 9.63 Å². The number of nitrogens with one attached hydrogen (secondary N) is 1. The molecule has 0 bridgehead atoms. The van der Waals surface area contributed by atoms with Gasteiger partial charge in [0, 0.05) is 26.2 Å². The number of nitrogens with zero attached hydrogens (tertiary/aromatic N) is 1. The second-order valence-corrected chi connectivity index (χ2v) is 3.36. The molecule has 0 spiro atoms. The molecule has 1 aliphatic heterocycles. The van der Waals surface area contributed by atoms with E-state index in [1.54, 1.807) is 5.06 Å². The van der Waals surface area contributed by atoms with E-state index in [-0.39, 0.29) is 36.7 Å². The van der Waals surface area contributed by atoms with E-state index in [9.17, 15) is 4.79 Å². The lowest BCUT2D eigenvalue weighted by molar-refractivity contribution is -0.194. The van der Waals surface area contributed by atoms with Crippen LogP contribution in [0.4, 0.5) is 0 Å². The van der Waals surface area contributed by atoms with Crippen LogP contribution in [0, 0.1) is 5.92 Å². The van der Waals surface area contributed by atoms with Gasteiger partial charge in [0.2, 0.25) is 0 Å². The Hall–Kier alpha value is -0.0300. The van der Waals surface area contributed by atoms with Crippen molar-refractivity contribution in [3.05, 3.63) is 0 Å². The molecule has 2 aliphatic rings. The highest BCUT2D eigenvalue weighted by Gasteiger charge is 2.33. The predicted molar refractivity (Wildman–Crippen MR) is 57.8 cm³/mol. The van der Waals surface area contributed by atoms with Gasteiger partial charge in [-0.3, -0.25) is 4.79 Å². The van der Waals surface area contributed by atoms with Gasteiger partial charge >= 0.3 is 5.97 Å². The molecular weight excluding hydrogens is 227 g/mol. The Bertz CT molecular complexity index is 182. The highest BCUT2D eigenvalue weighted by atomic mass is 35.5. The molecule has 0 radical (unpaired) electrons. The van der Waals surface area contributed by atoms with Crippen molar-refractivity contribution >= 4 is 30.8 Å². The zero-order valence-corrected chi connectivity index (χ0v) is 9.53. The fourth-order valence-electron chi connectivity index (χ4n) is 1.26. The van der Waals surface area contributed by atoms with Crippen molar-refractivity contribution in [3.8, 4) is 0 Å². The SMILES string of the molecule is Cl.Cl.O=C(ON1CCNCC1)C1CC1. The maximum Gasteiger partial charge on any atom is 0.328 e. The van der Waals surface area contributed by atoms with Crippen LogP contribution >= 0.6 is 24.8 Å². The lowest BCUT2D eigenvalue weighted by Gasteiger charge is -2.25. The average Bonchev–Trinajstić information content (AvgIpc) is 2.88. The number of hydroxylamine groups is 2. The summed E-state index contributed by atoms with van der Waals surface area (Å²) in [4.78, 5) is 16.4. The first kappa shape index (κ1) is 14.0. The molecule has 2 rings (SSSR count). The number of halogens is 2. The Morgan fingerprint density at radius 3 is 2.29 bits per heavy atom. The molecule has 0 aromatic heterocycles. The molecule has 1 N–H and O–H groups in total. The third kappa shape index (κ3) is 4.00. The molecule has 84 valence electrons. The van der Waals surface area contributed by atoms with Crippen LogP contribution in [0.5, 0.6) is 0 Å². The molecule has 0 aromatic rings. The Labute approximate surface area is 96.1 Å². The number of hydrogen-bond acceptors (Lipinski definition) is 4. The van der Waals surface area contributed by atoms with Crippen LogP contribution < -0.4 is 5.32 Å². The first-order valence-corrected chi connectivity index (χ1v) is 4.54. The summed E-state index contributed by atoms with van der Waals surface area (Å²) >= 11 is 0. The quantitative estimate of drug-likeness (QED) is 0.771. The van der Waals surface area contributed by atoms with Crippen LogP contribution in [0.1, 0.15) is 12.8 Å². The molecule has 0 atom stereocenters. The molecule has 2 fully saturated rings. The zero-order chi connectivity index (χ0) is 8.39. The maximum atomic E-state index is 11.2. The second kappa shape index (κ2) is 6.45. The van der Waals surface area contributed by atoms with Gasteiger partial charge in [0.05, 0.1) is 5.92 Å². The molecule has 1 saturated carbocycles. The molecule has 1 saturated heterocycles. The van der Waals surface area contributed by atoms with Crippen LogP contribution in [-0.4, -0.2) is 37.2 Å². The van der Waals surface area contributed by atoms with Crippen molar-refractivity contribution in [2.75, 3.05) is 26.2 Å². The highest BCUT2D eigenvalue weighted by molar-refractivity contribution is 5.85. The molecule has 0 amide bonds. The number of carbonyl (C=O) groups is 1. The van der Waals surface area contributed by atoms with E-state index in [1.165, 1.54) is 0 Å². The van der Waals surface area contributed by atoms with E-state index in [0.717, 1.165) is 39.0 Å². The third-order valence-corrected chi connectivity index (χ3v) is 2.21. The minimum Gasteiger partial charge on any atom is -0.368 e. The van der Waals surface area contributed by atoms with Gasteiger partial charge in [0.1, 0.15) is 0 Å². The molecule has 14 heavy (non-hydrogen) atoms. The van der Waals surface area contributed by atoms with E-state index in [4.69, 9.17) is 4.84 Å². The minimum atomic E-state index is -0.0306. The van der Waals surface area contributed by atoms with Gasteiger partial charge in [-0.1, -0.05) is 0 Å². The van der Waals surface area contributed by atoms with Crippen LogP contribution in [0.25, 0.3) is 0 Å². The molecule has 1 aliphatic carbocycles. The third-order valence-electron chi connectivity index (χ3n) is 2.21. The van der Waals surface area contributed by atoms with Crippen LogP contribution in [0.3, 0.4) is 0 Å². The van der Waals surface area contributed by atoms with Gasteiger partial charge in [-0.15, -0.1) is 29.9 Å². The van der Waals surface area contributed by atoms with Crippen molar-refractivity contribution < 1.29 is 9.63 Å². The Morgan fingerprint density at radius 1 is 1.21 bits per heavy atom. The average molecular weight is 243 g/mol. The van der Waals surface area contributed by atoms with Gasteiger partial charge in [0.25, 0.3) is 0 Å². The fraction of sp³-hybridized carbons (Fsp3) is 0.875. The maximum absolute atomic E-state index is 11.2. The minimum absolute atomic E-state index is 0. The van der Waals surface area contributed by atoms with Gasteiger partial charge in [-0.25, -0.2) is 0 Å². The Balaban J connectivity index is 0.000000845. The largest absolute Gasteiger partial charge is 0.368 e. The number of carbonyl (C=O) groups excluding carboxylic acids is 1. The fourth-order valence-corrected chi connectivity index (χ4v) is 1.26. The van der Waals surface area contributed by atoms with Crippen molar-refractivity contribution in [2.45, 2.75) is 12.8 Å². The summed E-state index contributed by atoms with van der Waals surface area (Å²) in [6.45, 7) is 3.47. The van der Waals surface area contributed by atoms with Gasteiger partial charge in [-0.2, -0.15) is 0 Å². The molecular formula is C8H16Cl2N2O2. The Morgan fingerprint density at radius 2 is 1.79 bits per heavy atom. The van der Waals surface area contributed by atoms with Gasteiger partial charge < -0.3 is 10.2 Å². The smallest absolute Gasteiger partial charge is 0.328 e. The first-order valence-electron chi connectivity index (χ1n) is 4.54. The van der Waals surface area contributed by atoms with Gasteiger partial charge in [0.15, 0.2) is 0 Å². The van der Waals surface area contributed by atoms with E-state index < -0.39 is 0 Å². The van der Waals surface area contributed by atoms with Crippen LogP contribution in [0.2, 0.25) is 0 Å². The van der Waals surface area contributed by atoms with E-state index >= 15 is 0 Å². The van der Waals surface area contributed by atoms with Crippen molar-refractivity contribution in [2.24, 2.45) is 5.92 Å². The Kier molecular flexibility index (Phi) is 6.44. The van der Waals surface area contributed by atoms with Crippen molar-refractivity contribution in [1.29, 1.82) is 0 Å². The summed E-state index contributed by atoms with van der Waals surface area (Å²) < 4.78 is 0. The number of hydrogen-bond donors (Lipinski definition) is 1. The van der Waals surface area contributed by atoms with E-state index in [2.05, 4.69) is 5.32 Å². The molecule has 1 heterocycles. The number of rotatable bonds is 2. The highest BCUT2D eigenvalue weighted by Crippen LogP contribution is 2.30. The van der Waals surface area contributed by atoms with Crippen LogP contribution in [0.15, 0.2) is 0 Å². The summed E-state index contributed by atoms with van der Waals surface area (Å²) in [7, 11) is 0. The lowest BCUT2D eigenvalue weighted by Crippen LogP contribution is -2.44. The van der Waals surface area contributed by atoms with E-state index in [1.807, 2.05) is 0 Å². The van der Waals surface area contributed by atoms with Crippen molar-refractivity contribution in [1.82, 2.24) is 10.4 Å². The standard InChI is InChI=1S/C8H14N2O2.2ClH/c11-8(7-1-2-7)12-10-5-3-9-4-6-10;;/h7,9H,1-6H2;2*1H. The summed E-state index contributed by atoms with van der Waals surface area (Å²) in [5.41, 5.74) is 0. The summed E-state index contributed by atoms with van der Waals surface area (Å²) in [5, 5.41) is 4.96. The zero-order valence-electron chi connectivity index (χ0n) is 7.90. The monoisotopic (exact) mass is 242 g/mol. The normalized spacial score (nSPS) is 21.7. The summed E-state index contributed by atoms with van der Waals surface area (Å²) in [5.74, 6) is 0.178. The molecule has 0 unspecified atom stereocenters. The summed E-state index contributed by atoms with van der Waals surface area (Å²) in [6.07, 6.45) is 2.04. The molecule has 6 heteroatoms. The first-order chi connectivity index (χ1) is 5.86. The molecule has 0 aromatic carbocycles. The second-order valence-electron chi connectivity index (χ2n) is 3.36. The predicted octanol–water partition coefficient (Wildman–Crippen LogP) is 0.603. The topological polar surface area (TPSA) is 41.6 Å². The summed E-state index contributed by atoms with van der Waals surface area (Å²) in [6, 6.07) is 0. The lowest BCUT2D eigenvalue weighted by atomic mass is 10.4. The van der Waals surface area contributed by atoms with Gasteiger partial charge in [-0.05, 0) is 12.8 Å². The van der Waals surface area contributed by atoms with Crippen molar-refractivity contribution in [3.63, 3.8) is 0 Å². The van der Waals surface area contributed by atoms with E-state index in [0.29, 0.717) is 0 Å².